The Morgan fingerprint density at radius 2 is 1.94 bits per heavy atom. The molecule has 1 amide bonds. The van der Waals surface area contributed by atoms with Crippen molar-refractivity contribution in [3.05, 3.63) is 82.5 Å². The normalized spacial score (nSPS) is 11.0. The van der Waals surface area contributed by atoms with E-state index in [4.69, 9.17) is 14.0 Å². The Bertz CT molecular complexity index is 1040. The maximum atomic E-state index is 12.9. The Morgan fingerprint density at radius 1 is 1.16 bits per heavy atom. The zero-order chi connectivity index (χ0) is 22.2. The summed E-state index contributed by atoms with van der Waals surface area (Å²) in [5, 5.41) is 6.73. The molecule has 7 heteroatoms. The van der Waals surface area contributed by atoms with Crippen LogP contribution in [0.25, 0.3) is 6.08 Å². The summed E-state index contributed by atoms with van der Waals surface area (Å²) in [6.07, 6.45) is 3.79. The number of carbonyl (C=O) groups is 1. The summed E-state index contributed by atoms with van der Waals surface area (Å²) in [5.74, 6) is 1.39. The smallest absolute Gasteiger partial charge is 0.244 e. The van der Waals surface area contributed by atoms with E-state index in [1.54, 1.807) is 37.5 Å². The quantitative estimate of drug-likeness (QED) is 0.516. The molecular formula is C24H25FN2O4. The number of methoxy groups -OCH3 is 1. The van der Waals surface area contributed by atoms with E-state index in [1.165, 1.54) is 18.2 Å². The first-order valence-corrected chi connectivity index (χ1v) is 9.89. The molecule has 1 heterocycles. The van der Waals surface area contributed by atoms with Gasteiger partial charge in [-0.1, -0.05) is 23.4 Å². The van der Waals surface area contributed by atoms with E-state index in [1.807, 2.05) is 19.9 Å². The van der Waals surface area contributed by atoms with Gasteiger partial charge >= 0.3 is 0 Å². The first-order chi connectivity index (χ1) is 15.0. The average Bonchev–Trinajstić information content (AvgIpc) is 3.09. The van der Waals surface area contributed by atoms with Gasteiger partial charge in [-0.2, -0.15) is 0 Å². The molecule has 0 bridgehead atoms. The Morgan fingerprint density at radius 3 is 2.61 bits per heavy atom. The zero-order valence-electron chi connectivity index (χ0n) is 17.8. The molecule has 0 spiro atoms. The lowest BCUT2D eigenvalue weighted by Gasteiger charge is -2.11. The molecule has 0 aliphatic rings. The maximum Gasteiger partial charge on any atom is 0.244 e. The standard InChI is InChI=1S/C24H25FN2O4/c1-16-21(17(2)31-27-16)15-30-22-10-6-19(14-23(22)29-3)7-11-24(28)26-13-12-18-4-8-20(25)9-5-18/h4-11,14H,12-13,15H2,1-3H3,(H,26,28)/b11-7+. The van der Waals surface area contributed by atoms with Crippen molar-refractivity contribution in [2.45, 2.75) is 26.9 Å². The molecule has 3 aromatic rings. The van der Waals surface area contributed by atoms with Gasteiger partial charge in [-0.15, -0.1) is 0 Å². The van der Waals surface area contributed by atoms with Gasteiger partial charge in [0.1, 0.15) is 18.2 Å². The van der Waals surface area contributed by atoms with E-state index in [2.05, 4.69) is 10.5 Å². The van der Waals surface area contributed by atoms with Gasteiger partial charge in [0.15, 0.2) is 11.5 Å². The Balaban J connectivity index is 1.54. The van der Waals surface area contributed by atoms with E-state index in [-0.39, 0.29) is 11.7 Å². The van der Waals surface area contributed by atoms with Crippen molar-refractivity contribution in [2.75, 3.05) is 13.7 Å². The predicted octanol–water partition coefficient (Wildman–Crippen LogP) is 4.39. The summed E-state index contributed by atoms with van der Waals surface area (Å²) in [4.78, 5) is 12.1. The molecule has 1 N–H and O–H groups in total. The number of carbonyl (C=O) groups excluding carboxylic acids is 1. The Hall–Kier alpha value is -3.61. The van der Waals surface area contributed by atoms with Crippen molar-refractivity contribution >= 4 is 12.0 Å². The van der Waals surface area contributed by atoms with Crippen LogP contribution in [0.15, 0.2) is 53.1 Å². The first kappa shape index (κ1) is 22.1. The van der Waals surface area contributed by atoms with Gasteiger partial charge in [-0.25, -0.2) is 4.39 Å². The molecule has 0 unspecified atom stereocenters. The van der Waals surface area contributed by atoms with E-state index in [0.29, 0.717) is 31.1 Å². The van der Waals surface area contributed by atoms with Crippen molar-refractivity contribution in [3.8, 4) is 11.5 Å². The van der Waals surface area contributed by atoms with Crippen LogP contribution in [0, 0.1) is 19.7 Å². The molecule has 31 heavy (non-hydrogen) atoms. The van der Waals surface area contributed by atoms with Crippen molar-refractivity contribution in [3.63, 3.8) is 0 Å². The highest BCUT2D eigenvalue weighted by atomic mass is 19.1. The van der Waals surface area contributed by atoms with Crippen molar-refractivity contribution in [1.82, 2.24) is 10.5 Å². The molecule has 0 saturated carbocycles. The second kappa shape index (κ2) is 10.4. The van der Waals surface area contributed by atoms with E-state index >= 15 is 0 Å². The molecule has 0 fully saturated rings. The number of hydrogen-bond acceptors (Lipinski definition) is 5. The van der Waals surface area contributed by atoms with Gasteiger partial charge in [-0.3, -0.25) is 4.79 Å². The highest BCUT2D eigenvalue weighted by molar-refractivity contribution is 5.91. The molecule has 1 aromatic heterocycles. The van der Waals surface area contributed by atoms with Crippen LogP contribution in [0.4, 0.5) is 4.39 Å². The monoisotopic (exact) mass is 424 g/mol. The summed E-state index contributed by atoms with van der Waals surface area (Å²) >= 11 is 0. The van der Waals surface area contributed by atoms with Crippen molar-refractivity contribution in [1.29, 1.82) is 0 Å². The summed E-state index contributed by atoms with van der Waals surface area (Å²) in [6, 6.07) is 11.7. The first-order valence-electron chi connectivity index (χ1n) is 9.89. The van der Waals surface area contributed by atoms with Gasteiger partial charge in [-0.05, 0) is 61.7 Å². The third-order valence-electron chi connectivity index (χ3n) is 4.79. The fourth-order valence-corrected chi connectivity index (χ4v) is 2.98. The van der Waals surface area contributed by atoms with Crippen LogP contribution in [-0.4, -0.2) is 24.7 Å². The molecule has 0 aliphatic carbocycles. The second-order valence-electron chi connectivity index (χ2n) is 7.00. The summed E-state index contributed by atoms with van der Waals surface area (Å²) < 4.78 is 29.3. The van der Waals surface area contributed by atoms with Crippen LogP contribution in [0.2, 0.25) is 0 Å². The number of ether oxygens (including phenoxy) is 2. The summed E-state index contributed by atoms with van der Waals surface area (Å²) in [7, 11) is 1.56. The van der Waals surface area contributed by atoms with Gasteiger partial charge in [0.25, 0.3) is 0 Å². The highest BCUT2D eigenvalue weighted by Gasteiger charge is 2.12. The van der Waals surface area contributed by atoms with E-state index < -0.39 is 0 Å². The van der Waals surface area contributed by atoms with Crippen molar-refractivity contribution in [2.24, 2.45) is 0 Å². The van der Waals surface area contributed by atoms with Crippen LogP contribution in [-0.2, 0) is 17.8 Å². The number of rotatable bonds is 9. The van der Waals surface area contributed by atoms with E-state index in [9.17, 15) is 9.18 Å². The number of amides is 1. The van der Waals surface area contributed by atoms with Crippen molar-refractivity contribution < 1.29 is 23.2 Å². The predicted molar refractivity (Wildman–Crippen MR) is 115 cm³/mol. The number of nitrogens with one attached hydrogen (secondary N) is 1. The van der Waals surface area contributed by atoms with Gasteiger partial charge in [0.05, 0.1) is 18.4 Å². The molecule has 6 nitrogen and oxygen atoms in total. The molecule has 3 rings (SSSR count). The Labute approximate surface area is 180 Å². The van der Waals surface area contributed by atoms with Crippen LogP contribution >= 0.6 is 0 Å². The molecule has 0 atom stereocenters. The molecular weight excluding hydrogens is 399 g/mol. The number of nitrogens with zero attached hydrogens (tertiary/aromatic N) is 1. The average molecular weight is 424 g/mol. The summed E-state index contributed by atoms with van der Waals surface area (Å²) in [5.41, 5.74) is 3.46. The molecule has 0 aliphatic heterocycles. The third kappa shape index (κ3) is 6.18. The minimum absolute atomic E-state index is 0.209. The topological polar surface area (TPSA) is 73.6 Å². The highest BCUT2D eigenvalue weighted by Crippen LogP contribution is 2.30. The number of halogens is 1. The second-order valence-corrected chi connectivity index (χ2v) is 7.00. The molecule has 2 aromatic carbocycles. The molecule has 162 valence electrons. The minimum Gasteiger partial charge on any atom is -0.493 e. The van der Waals surface area contributed by atoms with Gasteiger partial charge < -0.3 is 19.3 Å². The van der Waals surface area contributed by atoms with Crippen LogP contribution in [0.5, 0.6) is 11.5 Å². The number of aryl methyl sites for hydroxylation is 2. The molecule has 0 radical (unpaired) electrons. The molecule has 0 saturated heterocycles. The zero-order valence-corrected chi connectivity index (χ0v) is 17.8. The number of aromatic nitrogens is 1. The lowest BCUT2D eigenvalue weighted by atomic mass is 10.1. The van der Waals surface area contributed by atoms with Crippen LogP contribution in [0.1, 0.15) is 28.1 Å². The van der Waals surface area contributed by atoms with Gasteiger partial charge in [0, 0.05) is 12.6 Å². The fraction of sp³-hybridized carbons (Fsp3) is 0.250. The fourth-order valence-electron chi connectivity index (χ4n) is 2.98. The number of hydrogen-bond donors (Lipinski definition) is 1. The largest absolute Gasteiger partial charge is 0.493 e. The SMILES string of the molecule is COc1cc(/C=C/C(=O)NCCc2ccc(F)cc2)ccc1OCc1c(C)noc1C. The van der Waals surface area contributed by atoms with Gasteiger partial charge in [0.2, 0.25) is 5.91 Å². The van der Waals surface area contributed by atoms with Crippen LogP contribution in [0.3, 0.4) is 0 Å². The Kier molecular flexibility index (Phi) is 7.43. The minimum atomic E-state index is -0.272. The lowest BCUT2D eigenvalue weighted by molar-refractivity contribution is -0.116. The maximum absolute atomic E-state index is 12.9. The lowest BCUT2D eigenvalue weighted by Crippen LogP contribution is -2.23. The third-order valence-corrected chi connectivity index (χ3v) is 4.79. The number of benzene rings is 2. The van der Waals surface area contributed by atoms with E-state index in [0.717, 1.165) is 28.1 Å². The van der Waals surface area contributed by atoms with Crippen LogP contribution < -0.4 is 14.8 Å². The summed E-state index contributed by atoms with van der Waals surface area (Å²) in [6.45, 7) is 4.50.